The Kier molecular flexibility index (Phi) is 4.48. The second kappa shape index (κ2) is 6.42. The van der Waals surface area contributed by atoms with Gasteiger partial charge in [0.25, 0.3) is 5.69 Å². The number of piperidine rings is 1. The van der Waals surface area contributed by atoms with Gasteiger partial charge in [-0.05, 0) is 44.5 Å². The van der Waals surface area contributed by atoms with Gasteiger partial charge in [-0.3, -0.25) is 15.1 Å². The van der Waals surface area contributed by atoms with Crippen LogP contribution >= 0.6 is 0 Å². The number of pyridine rings is 1. The summed E-state index contributed by atoms with van der Waals surface area (Å²) < 4.78 is 28.2. The van der Waals surface area contributed by atoms with E-state index in [0.717, 1.165) is 6.54 Å². The van der Waals surface area contributed by atoms with Crippen LogP contribution in [0.2, 0.25) is 0 Å². The fourth-order valence-electron chi connectivity index (χ4n) is 3.03. The summed E-state index contributed by atoms with van der Waals surface area (Å²) in [5, 5.41) is 14.6. The molecule has 0 spiro atoms. The third kappa shape index (κ3) is 3.23. The van der Waals surface area contributed by atoms with E-state index in [2.05, 4.69) is 15.0 Å². The minimum absolute atomic E-state index is 0.0325. The minimum atomic E-state index is -3.82. The Morgan fingerprint density at radius 3 is 2.88 bits per heavy atom. The maximum Gasteiger partial charge on any atom is 0.278 e. The molecular weight excluding hydrogens is 332 g/mol. The first kappa shape index (κ1) is 16.7. The lowest BCUT2D eigenvalue weighted by Crippen LogP contribution is -2.46. The Bertz CT molecular complexity index is 884. The van der Waals surface area contributed by atoms with Crippen molar-refractivity contribution in [1.82, 2.24) is 15.0 Å². The molecule has 1 fully saturated rings. The molecule has 0 aliphatic carbocycles. The first-order valence-corrected chi connectivity index (χ1v) is 9.14. The van der Waals surface area contributed by atoms with Gasteiger partial charge in [-0.25, -0.2) is 13.1 Å². The predicted octanol–water partition coefficient (Wildman–Crippen LogP) is 1.56. The number of hydrogen-bond acceptors (Lipinski definition) is 6. The van der Waals surface area contributed by atoms with Gasteiger partial charge in [0.05, 0.1) is 15.8 Å². The highest BCUT2D eigenvalue weighted by atomic mass is 32.2. The Hall–Kier alpha value is -2.10. The maximum absolute atomic E-state index is 12.8. The standard InChI is InChI=1S/C15H18N4O4S/c1-10-9-11(6-8-16-10)18-24(22,23)14-5-4-13(19(20)21)12-3-2-7-17-15(12)14/h2-5,7,10-11,16,18H,6,8-9H2,1H3. The molecule has 9 heteroatoms. The van der Waals surface area contributed by atoms with Crippen LogP contribution in [-0.2, 0) is 10.0 Å². The van der Waals surface area contributed by atoms with Crippen LogP contribution < -0.4 is 10.0 Å². The summed E-state index contributed by atoms with van der Waals surface area (Å²) in [6.07, 6.45) is 2.82. The molecule has 2 heterocycles. The summed E-state index contributed by atoms with van der Waals surface area (Å²) in [5.74, 6) is 0. The Labute approximate surface area is 139 Å². The average Bonchev–Trinajstić information content (AvgIpc) is 2.53. The van der Waals surface area contributed by atoms with E-state index in [0.29, 0.717) is 12.8 Å². The molecular formula is C15H18N4O4S. The number of non-ortho nitro benzene ring substituents is 1. The molecule has 0 amide bonds. The lowest BCUT2D eigenvalue weighted by Gasteiger charge is -2.28. The molecule has 8 nitrogen and oxygen atoms in total. The van der Waals surface area contributed by atoms with Gasteiger partial charge in [-0.1, -0.05) is 0 Å². The van der Waals surface area contributed by atoms with Gasteiger partial charge < -0.3 is 5.32 Å². The summed E-state index contributed by atoms with van der Waals surface area (Å²) in [7, 11) is -3.82. The van der Waals surface area contributed by atoms with E-state index < -0.39 is 14.9 Å². The summed E-state index contributed by atoms with van der Waals surface area (Å²) in [4.78, 5) is 14.6. The van der Waals surface area contributed by atoms with Crippen molar-refractivity contribution in [3.05, 3.63) is 40.6 Å². The largest absolute Gasteiger partial charge is 0.314 e. The van der Waals surface area contributed by atoms with E-state index in [1.165, 1.54) is 24.4 Å². The second-order valence-corrected chi connectivity index (χ2v) is 7.62. The SMILES string of the molecule is CC1CC(NS(=O)(=O)c2ccc([N+](=O)[O-])c3cccnc23)CCN1. The van der Waals surface area contributed by atoms with Gasteiger partial charge in [0.2, 0.25) is 10.0 Å². The van der Waals surface area contributed by atoms with Gasteiger partial charge in [0.1, 0.15) is 4.90 Å². The van der Waals surface area contributed by atoms with Crippen molar-refractivity contribution in [2.45, 2.75) is 36.7 Å². The number of fused-ring (bicyclic) bond motifs is 1. The fraction of sp³-hybridized carbons (Fsp3) is 0.400. The Balaban J connectivity index is 2.02. The number of nitrogens with one attached hydrogen (secondary N) is 2. The Morgan fingerprint density at radius 1 is 1.38 bits per heavy atom. The number of nitro benzene ring substituents is 1. The van der Waals surface area contributed by atoms with Gasteiger partial charge in [-0.15, -0.1) is 0 Å². The number of nitro groups is 1. The molecule has 128 valence electrons. The third-order valence-electron chi connectivity index (χ3n) is 4.14. The molecule has 3 rings (SSSR count). The normalized spacial score (nSPS) is 21.7. The summed E-state index contributed by atoms with van der Waals surface area (Å²) in [6, 6.07) is 5.59. The molecule has 2 N–H and O–H groups in total. The zero-order chi connectivity index (χ0) is 17.3. The van der Waals surface area contributed by atoms with Crippen LogP contribution in [0.15, 0.2) is 35.4 Å². The molecule has 0 saturated carbocycles. The topological polar surface area (TPSA) is 114 Å². The molecule has 1 aliphatic heterocycles. The molecule has 1 aliphatic rings. The van der Waals surface area contributed by atoms with Gasteiger partial charge in [-0.2, -0.15) is 0 Å². The zero-order valence-corrected chi connectivity index (χ0v) is 13.9. The van der Waals surface area contributed by atoms with E-state index >= 15 is 0 Å². The summed E-state index contributed by atoms with van der Waals surface area (Å²) >= 11 is 0. The number of aromatic nitrogens is 1. The summed E-state index contributed by atoms with van der Waals surface area (Å²) in [6.45, 7) is 2.75. The van der Waals surface area contributed by atoms with Crippen LogP contribution in [0.25, 0.3) is 10.9 Å². The van der Waals surface area contributed by atoms with Gasteiger partial charge >= 0.3 is 0 Å². The smallest absolute Gasteiger partial charge is 0.278 e. The van der Waals surface area contributed by atoms with Crippen molar-refractivity contribution >= 4 is 26.6 Å². The number of benzene rings is 1. The molecule has 1 saturated heterocycles. The first-order valence-electron chi connectivity index (χ1n) is 7.66. The first-order chi connectivity index (χ1) is 11.4. The zero-order valence-electron chi connectivity index (χ0n) is 13.1. The van der Waals surface area contributed by atoms with Crippen molar-refractivity contribution < 1.29 is 13.3 Å². The van der Waals surface area contributed by atoms with Crippen molar-refractivity contribution in [1.29, 1.82) is 0 Å². The lowest BCUT2D eigenvalue weighted by molar-refractivity contribution is -0.383. The van der Waals surface area contributed by atoms with Crippen molar-refractivity contribution in [3.8, 4) is 0 Å². The monoisotopic (exact) mass is 350 g/mol. The lowest BCUT2D eigenvalue weighted by atomic mass is 10.0. The van der Waals surface area contributed by atoms with Crippen molar-refractivity contribution in [3.63, 3.8) is 0 Å². The maximum atomic E-state index is 12.8. The van der Waals surface area contributed by atoms with Crippen LogP contribution in [0.3, 0.4) is 0 Å². The van der Waals surface area contributed by atoms with E-state index in [4.69, 9.17) is 0 Å². The highest BCUT2D eigenvalue weighted by Crippen LogP contribution is 2.29. The van der Waals surface area contributed by atoms with Crippen LogP contribution in [0.5, 0.6) is 0 Å². The molecule has 0 bridgehead atoms. The number of nitrogens with zero attached hydrogens (tertiary/aromatic N) is 2. The van der Waals surface area contributed by atoms with E-state index in [1.54, 1.807) is 6.07 Å². The molecule has 2 aromatic rings. The number of sulfonamides is 1. The quantitative estimate of drug-likeness (QED) is 0.639. The molecule has 24 heavy (non-hydrogen) atoms. The van der Waals surface area contributed by atoms with Gasteiger partial charge in [0.15, 0.2) is 0 Å². The molecule has 1 aromatic heterocycles. The number of hydrogen-bond donors (Lipinski definition) is 2. The van der Waals surface area contributed by atoms with Crippen LogP contribution in [-0.4, -0.2) is 37.0 Å². The molecule has 2 atom stereocenters. The van der Waals surface area contributed by atoms with Crippen LogP contribution in [0.1, 0.15) is 19.8 Å². The minimum Gasteiger partial charge on any atom is -0.314 e. The van der Waals surface area contributed by atoms with Crippen LogP contribution in [0, 0.1) is 10.1 Å². The highest BCUT2D eigenvalue weighted by molar-refractivity contribution is 7.89. The molecule has 0 radical (unpaired) electrons. The van der Waals surface area contributed by atoms with Crippen LogP contribution in [0.4, 0.5) is 5.69 Å². The predicted molar refractivity (Wildman–Crippen MR) is 89.2 cm³/mol. The number of rotatable bonds is 4. The van der Waals surface area contributed by atoms with Crippen molar-refractivity contribution in [2.24, 2.45) is 0 Å². The fourth-order valence-corrected chi connectivity index (χ4v) is 4.47. The third-order valence-corrected chi connectivity index (χ3v) is 5.69. The Morgan fingerprint density at radius 2 is 2.17 bits per heavy atom. The second-order valence-electron chi connectivity index (χ2n) is 5.94. The van der Waals surface area contributed by atoms with E-state index in [-0.39, 0.29) is 33.6 Å². The van der Waals surface area contributed by atoms with Gasteiger partial charge in [0, 0.05) is 24.3 Å². The van der Waals surface area contributed by atoms with Crippen molar-refractivity contribution in [2.75, 3.05) is 6.54 Å². The highest BCUT2D eigenvalue weighted by Gasteiger charge is 2.27. The van der Waals surface area contributed by atoms with E-state index in [9.17, 15) is 18.5 Å². The average molecular weight is 350 g/mol. The molecule has 1 aromatic carbocycles. The summed E-state index contributed by atoms with van der Waals surface area (Å²) in [5.41, 5.74) is -0.0475. The molecule has 2 unspecified atom stereocenters. The van der Waals surface area contributed by atoms with E-state index in [1.807, 2.05) is 6.92 Å².